The second-order valence-corrected chi connectivity index (χ2v) is 6.40. The molecule has 0 aliphatic rings. The third kappa shape index (κ3) is 3.99. The van der Waals surface area contributed by atoms with Crippen LogP contribution in [-0.2, 0) is 10.2 Å². The number of nitrogens with zero attached hydrogens (tertiary/aromatic N) is 1. The zero-order valence-corrected chi connectivity index (χ0v) is 16.7. The van der Waals surface area contributed by atoms with Crippen molar-refractivity contribution in [1.29, 1.82) is 0 Å². The van der Waals surface area contributed by atoms with Crippen molar-refractivity contribution in [3.8, 4) is 11.5 Å². The maximum absolute atomic E-state index is 5.54. The molecule has 0 fully saturated rings. The van der Waals surface area contributed by atoms with Crippen LogP contribution in [0, 0.1) is 0 Å². The molecular formula is C19H26N2O4S. The summed E-state index contributed by atoms with van der Waals surface area (Å²) in [5.74, 6) is 1.72. The Morgan fingerprint density at radius 1 is 1.15 bits per heavy atom. The Kier molecular flexibility index (Phi) is 6.99. The van der Waals surface area contributed by atoms with Crippen LogP contribution in [-0.4, -0.2) is 38.1 Å². The number of hydrogen-bond acceptors (Lipinski definition) is 6. The number of rotatable bonds is 9. The molecule has 2 aromatic rings. The predicted molar refractivity (Wildman–Crippen MR) is 106 cm³/mol. The molecule has 0 atom stereocenters. The van der Waals surface area contributed by atoms with Crippen molar-refractivity contribution < 1.29 is 18.7 Å². The molecule has 1 aromatic heterocycles. The summed E-state index contributed by atoms with van der Waals surface area (Å²) in [5.41, 5.74) is 1.34. The number of methoxy groups -OCH3 is 3. The lowest BCUT2D eigenvalue weighted by Crippen LogP contribution is -2.30. The van der Waals surface area contributed by atoms with Gasteiger partial charge in [-0.1, -0.05) is 37.3 Å². The largest absolute Gasteiger partial charge is 0.496 e. The summed E-state index contributed by atoms with van der Waals surface area (Å²) in [4.78, 5) is 0.437. The average Bonchev–Trinajstić information content (AvgIpc) is 3.14. The molecule has 0 radical (unpaired) electrons. The highest BCUT2D eigenvalue weighted by molar-refractivity contribution is 7.81. The van der Waals surface area contributed by atoms with E-state index in [-0.39, 0.29) is 5.41 Å². The normalized spacial score (nSPS) is 11.3. The number of thiocarbonyl (C=S) groups is 1. The van der Waals surface area contributed by atoms with Gasteiger partial charge in [0.1, 0.15) is 16.5 Å². The van der Waals surface area contributed by atoms with E-state index in [1.165, 1.54) is 0 Å². The van der Waals surface area contributed by atoms with Crippen LogP contribution in [0.2, 0.25) is 0 Å². The van der Waals surface area contributed by atoms with Crippen LogP contribution in [0.3, 0.4) is 0 Å². The Morgan fingerprint density at radius 2 is 1.77 bits per heavy atom. The summed E-state index contributed by atoms with van der Waals surface area (Å²) < 4.78 is 21.7. The number of nitrogens with one attached hydrogen (secondary N) is 1. The Morgan fingerprint density at radius 3 is 2.27 bits per heavy atom. The lowest BCUT2D eigenvalue weighted by Gasteiger charge is -2.28. The van der Waals surface area contributed by atoms with Crippen molar-refractivity contribution >= 4 is 23.1 Å². The number of anilines is 1. The van der Waals surface area contributed by atoms with E-state index in [2.05, 4.69) is 24.3 Å². The molecule has 6 nitrogen and oxygen atoms in total. The molecule has 1 aromatic carbocycles. The highest BCUT2D eigenvalue weighted by Crippen LogP contribution is 2.34. The van der Waals surface area contributed by atoms with Gasteiger partial charge in [-0.15, -0.1) is 0 Å². The fraction of sp³-hybridized carbons (Fsp3) is 0.474. The summed E-state index contributed by atoms with van der Waals surface area (Å²) in [6, 6.07) is 7.38. The van der Waals surface area contributed by atoms with E-state index in [0.29, 0.717) is 34.5 Å². The van der Waals surface area contributed by atoms with Gasteiger partial charge in [0.15, 0.2) is 0 Å². The van der Waals surface area contributed by atoms with E-state index in [4.69, 9.17) is 31.0 Å². The van der Waals surface area contributed by atoms with Crippen LogP contribution in [0.1, 0.15) is 37.9 Å². The lowest BCUT2D eigenvalue weighted by atomic mass is 9.80. The molecule has 7 heteroatoms. The van der Waals surface area contributed by atoms with E-state index in [9.17, 15) is 0 Å². The Labute approximate surface area is 159 Å². The lowest BCUT2D eigenvalue weighted by molar-refractivity contribution is 0.118. The highest BCUT2D eigenvalue weighted by atomic mass is 32.1. The van der Waals surface area contributed by atoms with E-state index >= 15 is 0 Å². The molecule has 0 aliphatic carbocycles. The molecule has 0 amide bonds. The fourth-order valence-electron chi connectivity index (χ4n) is 3.00. The van der Waals surface area contributed by atoms with Crippen molar-refractivity contribution in [2.75, 3.05) is 33.3 Å². The van der Waals surface area contributed by atoms with Gasteiger partial charge < -0.3 is 24.1 Å². The third-order valence-electron chi connectivity index (χ3n) is 4.72. The molecule has 0 bridgehead atoms. The first-order chi connectivity index (χ1) is 12.5. The second-order valence-electron chi connectivity index (χ2n) is 5.99. The Balaban J connectivity index is 2.28. The van der Waals surface area contributed by atoms with Crippen molar-refractivity contribution in [3.63, 3.8) is 0 Å². The topological polar surface area (TPSA) is 65.8 Å². The zero-order chi connectivity index (χ0) is 19.2. The molecular weight excluding hydrogens is 352 g/mol. The first-order valence-corrected chi connectivity index (χ1v) is 8.94. The molecule has 142 valence electrons. The fourth-order valence-corrected chi connectivity index (χ4v) is 3.30. The molecule has 0 saturated carbocycles. The summed E-state index contributed by atoms with van der Waals surface area (Å²) >= 11 is 5.54. The minimum absolute atomic E-state index is 0.179. The number of benzene rings is 1. The minimum Gasteiger partial charge on any atom is -0.496 e. The average molecular weight is 378 g/mol. The SMILES string of the molecule is CCC(CC)(COC)c1cc(NC(=S)c2c(OC)cccc2OC)on1. The Bertz CT molecular complexity index is 719. The number of aromatic nitrogens is 1. The van der Waals surface area contributed by atoms with Crippen LogP contribution in [0.5, 0.6) is 11.5 Å². The van der Waals surface area contributed by atoms with Gasteiger partial charge in [0, 0.05) is 18.6 Å². The van der Waals surface area contributed by atoms with Gasteiger partial charge in [0.25, 0.3) is 0 Å². The number of hydrogen-bond donors (Lipinski definition) is 1. The van der Waals surface area contributed by atoms with Crippen LogP contribution < -0.4 is 14.8 Å². The van der Waals surface area contributed by atoms with Crippen LogP contribution >= 0.6 is 12.2 Å². The maximum Gasteiger partial charge on any atom is 0.229 e. The van der Waals surface area contributed by atoms with Crippen molar-refractivity contribution in [2.24, 2.45) is 0 Å². The van der Waals surface area contributed by atoms with Crippen LogP contribution in [0.15, 0.2) is 28.8 Å². The van der Waals surface area contributed by atoms with E-state index < -0.39 is 0 Å². The molecule has 0 saturated heterocycles. The molecule has 0 spiro atoms. The Hall–Kier alpha value is -2.12. The second kappa shape index (κ2) is 9.00. The van der Waals surface area contributed by atoms with Crippen molar-refractivity contribution in [1.82, 2.24) is 5.16 Å². The molecule has 1 heterocycles. The van der Waals surface area contributed by atoms with Gasteiger partial charge in [0.05, 0.1) is 32.1 Å². The molecule has 0 aliphatic heterocycles. The zero-order valence-electron chi connectivity index (χ0n) is 15.9. The summed E-state index contributed by atoms with van der Waals surface area (Å²) in [6.07, 6.45) is 1.79. The van der Waals surface area contributed by atoms with Crippen LogP contribution in [0.25, 0.3) is 0 Å². The van der Waals surface area contributed by atoms with Crippen molar-refractivity contribution in [2.45, 2.75) is 32.1 Å². The summed E-state index contributed by atoms with van der Waals surface area (Å²) in [7, 11) is 4.88. The third-order valence-corrected chi connectivity index (χ3v) is 5.03. The van der Waals surface area contributed by atoms with Crippen LogP contribution in [0.4, 0.5) is 5.88 Å². The molecule has 0 unspecified atom stereocenters. The molecule has 1 N–H and O–H groups in total. The first kappa shape index (κ1) is 20.2. The minimum atomic E-state index is -0.179. The highest BCUT2D eigenvalue weighted by Gasteiger charge is 2.32. The first-order valence-electron chi connectivity index (χ1n) is 8.53. The standard InChI is InChI=1S/C19H26N2O4S/c1-6-19(7-2,12-22-3)15-11-16(25-21-15)20-18(26)17-13(23-4)9-8-10-14(17)24-5/h8-11H,6-7,12H2,1-5H3,(H,20,26). The van der Waals surface area contributed by atoms with E-state index in [1.807, 2.05) is 24.3 Å². The van der Waals surface area contributed by atoms with Gasteiger partial charge in [-0.3, -0.25) is 0 Å². The van der Waals surface area contributed by atoms with Gasteiger partial charge in [-0.25, -0.2) is 0 Å². The predicted octanol–water partition coefficient (Wildman–Crippen LogP) is 4.18. The molecule has 26 heavy (non-hydrogen) atoms. The smallest absolute Gasteiger partial charge is 0.229 e. The number of ether oxygens (including phenoxy) is 3. The monoisotopic (exact) mass is 378 g/mol. The summed E-state index contributed by atoms with van der Waals surface area (Å²) in [6.45, 7) is 4.82. The quantitative estimate of drug-likeness (QED) is 0.657. The maximum atomic E-state index is 5.54. The van der Waals surface area contributed by atoms with Gasteiger partial charge in [0.2, 0.25) is 5.88 Å². The van der Waals surface area contributed by atoms with Crippen molar-refractivity contribution in [3.05, 3.63) is 35.5 Å². The van der Waals surface area contributed by atoms with Gasteiger partial charge >= 0.3 is 0 Å². The van der Waals surface area contributed by atoms with E-state index in [0.717, 1.165) is 18.5 Å². The van der Waals surface area contributed by atoms with E-state index in [1.54, 1.807) is 21.3 Å². The van der Waals surface area contributed by atoms with Gasteiger partial charge in [-0.05, 0) is 25.0 Å². The summed E-state index contributed by atoms with van der Waals surface area (Å²) in [5, 5.41) is 7.33. The molecule has 2 rings (SSSR count). The van der Waals surface area contributed by atoms with Gasteiger partial charge in [-0.2, -0.15) is 0 Å².